The summed E-state index contributed by atoms with van der Waals surface area (Å²) in [6, 6.07) is 4.88. The minimum absolute atomic E-state index is 0.270. The van der Waals surface area contributed by atoms with E-state index >= 15 is 0 Å². The first kappa shape index (κ1) is 10.3. The molecular formula is C7H6BrNO3S. The van der Waals surface area contributed by atoms with Gasteiger partial charge in [-0.15, -0.1) is 4.91 Å². The molecule has 1 unspecified atom stereocenters. The quantitative estimate of drug-likeness (QED) is 0.787. The molecule has 0 aliphatic heterocycles. The number of rotatable bonds is 3. The minimum atomic E-state index is -1.90. The van der Waals surface area contributed by atoms with Crippen LogP contribution in [-0.4, -0.2) is 11.3 Å². The average molecular weight is 264 g/mol. The van der Waals surface area contributed by atoms with Crippen LogP contribution in [-0.2, 0) is 11.0 Å². The van der Waals surface area contributed by atoms with Crippen molar-refractivity contribution in [3.63, 3.8) is 0 Å². The summed E-state index contributed by atoms with van der Waals surface area (Å²) in [5, 5.41) is 0. The summed E-state index contributed by atoms with van der Waals surface area (Å²) >= 11 is 3.19. The number of ether oxygens (including phenoxy) is 1. The van der Waals surface area contributed by atoms with E-state index in [1.54, 1.807) is 12.1 Å². The van der Waals surface area contributed by atoms with Gasteiger partial charge < -0.3 is 4.74 Å². The lowest BCUT2D eigenvalue weighted by Crippen LogP contribution is -1.92. The molecule has 0 radical (unpaired) electrons. The molecule has 6 heteroatoms. The molecule has 0 aliphatic carbocycles. The molecule has 0 heterocycles. The van der Waals surface area contributed by atoms with Gasteiger partial charge in [-0.2, -0.15) is 0 Å². The SMILES string of the molecule is COc1ccc(Br)cc1S(=O)N=O. The zero-order valence-electron chi connectivity index (χ0n) is 6.69. The Morgan fingerprint density at radius 3 is 2.77 bits per heavy atom. The van der Waals surface area contributed by atoms with E-state index in [0.717, 1.165) is 4.47 Å². The second kappa shape index (κ2) is 4.48. The van der Waals surface area contributed by atoms with Gasteiger partial charge in [-0.1, -0.05) is 15.9 Å². The maximum Gasteiger partial charge on any atom is 0.216 e. The molecule has 0 bridgehead atoms. The third-order valence-electron chi connectivity index (χ3n) is 1.38. The molecule has 0 N–H and O–H groups in total. The molecule has 0 amide bonds. The van der Waals surface area contributed by atoms with Gasteiger partial charge in [-0.25, -0.2) is 4.21 Å². The molecule has 1 rings (SSSR count). The van der Waals surface area contributed by atoms with Gasteiger partial charge in [0, 0.05) is 9.05 Å². The van der Waals surface area contributed by atoms with Gasteiger partial charge in [-0.3, -0.25) is 0 Å². The lowest BCUT2D eigenvalue weighted by atomic mass is 10.3. The zero-order valence-corrected chi connectivity index (χ0v) is 9.09. The largest absolute Gasteiger partial charge is 0.495 e. The zero-order chi connectivity index (χ0) is 9.84. The molecule has 0 spiro atoms. The maximum atomic E-state index is 11.1. The molecule has 0 aromatic heterocycles. The Bertz CT molecular complexity index is 356. The fraction of sp³-hybridized carbons (Fsp3) is 0.143. The van der Waals surface area contributed by atoms with Gasteiger partial charge >= 0.3 is 0 Å². The molecule has 0 saturated carbocycles. The summed E-state index contributed by atoms with van der Waals surface area (Å²) in [6.07, 6.45) is 0. The van der Waals surface area contributed by atoms with Crippen molar-refractivity contribution >= 4 is 26.9 Å². The van der Waals surface area contributed by atoms with E-state index in [-0.39, 0.29) is 4.90 Å². The molecule has 4 nitrogen and oxygen atoms in total. The molecule has 0 aliphatic rings. The highest BCUT2D eigenvalue weighted by Crippen LogP contribution is 2.26. The van der Waals surface area contributed by atoms with Crippen LogP contribution in [0.2, 0.25) is 0 Å². The van der Waals surface area contributed by atoms with Crippen LogP contribution >= 0.6 is 15.9 Å². The van der Waals surface area contributed by atoms with Crippen LogP contribution in [0.4, 0.5) is 0 Å². The van der Waals surface area contributed by atoms with Gasteiger partial charge in [0.25, 0.3) is 0 Å². The molecule has 0 fully saturated rings. The predicted octanol–water partition coefficient (Wildman–Crippen LogP) is 2.25. The fourth-order valence-electron chi connectivity index (χ4n) is 0.827. The Morgan fingerprint density at radius 2 is 2.23 bits per heavy atom. The Hall–Kier alpha value is -0.750. The third kappa shape index (κ3) is 2.35. The lowest BCUT2D eigenvalue weighted by molar-refractivity contribution is 0.404. The number of benzene rings is 1. The van der Waals surface area contributed by atoms with Gasteiger partial charge in [0.15, 0.2) is 0 Å². The first-order valence-corrected chi connectivity index (χ1v) is 5.18. The van der Waals surface area contributed by atoms with Crippen molar-refractivity contribution < 1.29 is 8.95 Å². The van der Waals surface area contributed by atoms with Crippen LogP contribution in [0.5, 0.6) is 5.75 Å². The first-order chi connectivity index (χ1) is 6.19. The van der Waals surface area contributed by atoms with Gasteiger partial charge in [-0.05, 0) is 18.2 Å². The highest BCUT2D eigenvalue weighted by molar-refractivity contribution is 9.10. The molecule has 70 valence electrons. The van der Waals surface area contributed by atoms with Crippen LogP contribution in [0, 0.1) is 4.91 Å². The molecule has 1 atom stereocenters. The smallest absolute Gasteiger partial charge is 0.216 e. The molecule has 0 saturated heterocycles. The van der Waals surface area contributed by atoms with E-state index in [2.05, 4.69) is 20.5 Å². The number of halogens is 1. The predicted molar refractivity (Wildman–Crippen MR) is 52.9 cm³/mol. The van der Waals surface area contributed by atoms with Crippen molar-refractivity contribution in [1.82, 2.24) is 0 Å². The summed E-state index contributed by atoms with van der Waals surface area (Å²) < 4.78 is 19.1. The van der Waals surface area contributed by atoms with Gasteiger partial charge in [0.1, 0.15) is 10.6 Å². The Morgan fingerprint density at radius 1 is 1.54 bits per heavy atom. The summed E-state index contributed by atoms with van der Waals surface area (Å²) in [6.45, 7) is 0. The van der Waals surface area contributed by atoms with E-state index in [1.165, 1.54) is 13.2 Å². The lowest BCUT2D eigenvalue weighted by Gasteiger charge is -2.03. The van der Waals surface area contributed by atoms with Crippen molar-refractivity contribution in [3.05, 3.63) is 27.6 Å². The summed E-state index contributed by atoms with van der Waals surface area (Å²) in [5.41, 5.74) is 0. The second-order valence-electron chi connectivity index (χ2n) is 2.12. The summed E-state index contributed by atoms with van der Waals surface area (Å²) in [5.74, 6) is 0.390. The van der Waals surface area contributed by atoms with E-state index in [0.29, 0.717) is 5.75 Å². The summed E-state index contributed by atoms with van der Waals surface area (Å²) in [7, 11) is -0.458. The Kier molecular flexibility index (Phi) is 3.56. The topological polar surface area (TPSA) is 55.7 Å². The normalized spacial score (nSPS) is 12.2. The summed E-state index contributed by atoms with van der Waals surface area (Å²) in [4.78, 5) is 10.3. The maximum absolute atomic E-state index is 11.1. The Balaban J connectivity index is 3.23. The van der Waals surface area contributed by atoms with E-state index in [4.69, 9.17) is 4.74 Å². The molecule has 1 aromatic rings. The van der Waals surface area contributed by atoms with Gasteiger partial charge in [0.2, 0.25) is 11.0 Å². The molecular weight excluding hydrogens is 258 g/mol. The van der Waals surface area contributed by atoms with Crippen LogP contribution < -0.4 is 4.74 Å². The van der Waals surface area contributed by atoms with Crippen molar-refractivity contribution in [2.75, 3.05) is 7.11 Å². The van der Waals surface area contributed by atoms with Crippen LogP contribution in [0.15, 0.2) is 32.1 Å². The number of hydrogen-bond acceptors (Lipinski definition) is 3. The van der Waals surface area contributed by atoms with E-state index in [9.17, 15) is 9.12 Å². The number of nitrogens with zero attached hydrogens (tertiary/aromatic N) is 1. The fourth-order valence-corrected chi connectivity index (χ4v) is 1.97. The highest BCUT2D eigenvalue weighted by atomic mass is 79.9. The van der Waals surface area contributed by atoms with Gasteiger partial charge in [0.05, 0.1) is 7.11 Å². The number of methoxy groups -OCH3 is 1. The molecule has 13 heavy (non-hydrogen) atoms. The number of nitroso groups, excluding NO2 is 1. The van der Waals surface area contributed by atoms with E-state index < -0.39 is 11.0 Å². The van der Waals surface area contributed by atoms with Crippen molar-refractivity contribution in [2.45, 2.75) is 4.90 Å². The van der Waals surface area contributed by atoms with Crippen LogP contribution in [0.3, 0.4) is 0 Å². The van der Waals surface area contributed by atoms with E-state index in [1.807, 2.05) is 0 Å². The van der Waals surface area contributed by atoms with Crippen LogP contribution in [0.25, 0.3) is 0 Å². The average Bonchev–Trinajstić information content (AvgIpc) is 2.16. The number of hydrogen-bond donors (Lipinski definition) is 0. The third-order valence-corrected chi connectivity index (χ3v) is 2.71. The second-order valence-corrected chi connectivity index (χ2v) is 4.12. The highest BCUT2D eigenvalue weighted by Gasteiger charge is 2.11. The monoisotopic (exact) mass is 263 g/mol. The first-order valence-electron chi connectivity index (χ1n) is 3.28. The Labute approximate surface area is 86.0 Å². The standard InChI is InChI=1S/C7H6BrNO3S/c1-12-6-3-2-5(8)4-7(6)13(11)9-10/h2-4H,1H3. The minimum Gasteiger partial charge on any atom is -0.495 e. The molecule has 1 aromatic carbocycles. The van der Waals surface area contributed by atoms with Crippen molar-refractivity contribution in [2.24, 2.45) is 4.58 Å². The van der Waals surface area contributed by atoms with Crippen molar-refractivity contribution in [1.29, 1.82) is 0 Å². The van der Waals surface area contributed by atoms with Crippen molar-refractivity contribution in [3.8, 4) is 5.75 Å². The van der Waals surface area contributed by atoms with Crippen LogP contribution in [0.1, 0.15) is 0 Å².